The lowest BCUT2D eigenvalue weighted by Gasteiger charge is -2.09. The Balaban J connectivity index is 1.92. The van der Waals surface area contributed by atoms with E-state index in [-0.39, 0.29) is 29.8 Å². The second-order valence-corrected chi connectivity index (χ2v) is 5.06. The van der Waals surface area contributed by atoms with Gasteiger partial charge in [0, 0.05) is 17.9 Å². The summed E-state index contributed by atoms with van der Waals surface area (Å²) in [6.07, 6.45) is 1.11. The zero-order chi connectivity index (χ0) is 9.43. The van der Waals surface area contributed by atoms with Crippen LogP contribution in [0, 0.1) is 17.3 Å². The Morgan fingerprint density at radius 2 is 2.31 bits per heavy atom. The minimum Gasteiger partial charge on any atom is -0.396 e. The number of ether oxygens (including phenoxy) is 1. The molecule has 2 aliphatic carbocycles. The smallest absolute Gasteiger partial charge is 0.171 e. The molecule has 1 N–H and O–H groups in total. The molecule has 3 unspecified atom stereocenters. The molecule has 1 aliphatic heterocycles. The number of aliphatic hydroxyl groups excluding tert-OH is 1. The number of hydrogen-bond acceptors (Lipinski definition) is 3. The first-order valence-corrected chi connectivity index (χ1v) is 4.87. The predicted octanol–water partition coefficient (Wildman–Crippen LogP) is 0.361. The third-order valence-corrected chi connectivity index (χ3v) is 4.38. The molecule has 1 saturated heterocycles. The largest absolute Gasteiger partial charge is 0.396 e. The maximum atomic E-state index is 11.9. The van der Waals surface area contributed by atoms with Gasteiger partial charge in [-0.05, 0) is 19.3 Å². The number of carbonyl (C=O) groups excluding carboxylic acids is 1. The van der Waals surface area contributed by atoms with Crippen LogP contribution in [-0.4, -0.2) is 29.2 Å². The summed E-state index contributed by atoms with van der Waals surface area (Å²) in [5.74, 6) is 0.678. The van der Waals surface area contributed by atoms with E-state index in [1.54, 1.807) is 0 Å². The van der Waals surface area contributed by atoms with Gasteiger partial charge in [0.25, 0.3) is 0 Å². The fourth-order valence-corrected chi connectivity index (χ4v) is 3.05. The summed E-state index contributed by atoms with van der Waals surface area (Å²) in [4.78, 5) is 11.9. The molecule has 0 bridgehead atoms. The van der Waals surface area contributed by atoms with Crippen molar-refractivity contribution in [3.63, 3.8) is 0 Å². The monoisotopic (exact) mass is 182 g/mol. The van der Waals surface area contributed by atoms with Gasteiger partial charge in [0.2, 0.25) is 0 Å². The average molecular weight is 182 g/mol. The van der Waals surface area contributed by atoms with Crippen LogP contribution in [0.15, 0.2) is 0 Å². The van der Waals surface area contributed by atoms with Gasteiger partial charge in [-0.25, -0.2) is 0 Å². The molecule has 0 spiro atoms. The van der Waals surface area contributed by atoms with E-state index in [0.717, 1.165) is 6.42 Å². The number of hydrogen-bond donors (Lipinski definition) is 1. The van der Waals surface area contributed by atoms with Crippen LogP contribution < -0.4 is 0 Å². The molecule has 0 aromatic carbocycles. The highest BCUT2D eigenvalue weighted by Crippen LogP contribution is 2.69. The molecule has 3 nitrogen and oxygen atoms in total. The van der Waals surface area contributed by atoms with Crippen LogP contribution in [0.3, 0.4) is 0 Å². The number of epoxide rings is 1. The molecule has 0 aromatic heterocycles. The minimum absolute atomic E-state index is 0.0706. The van der Waals surface area contributed by atoms with Crippen LogP contribution in [0.5, 0.6) is 0 Å². The normalized spacial score (nSPS) is 62.7. The Kier molecular flexibility index (Phi) is 1.12. The maximum absolute atomic E-state index is 11.9. The van der Waals surface area contributed by atoms with Gasteiger partial charge in [-0.15, -0.1) is 0 Å². The van der Waals surface area contributed by atoms with Crippen molar-refractivity contribution < 1.29 is 14.6 Å². The van der Waals surface area contributed by atoms with Crippen LogP contribution in [0.25, 0.3) is 0 Å². The zero-order valence-electron chi connectivity index (χ0n) is 7.91. The van der Waals surface area contributed by atoms with Gasteiger partial charge in [-0.1, -0.05) is 6.92 Å². The molecule has 3 aliphatic rings. The van der Waals surface area contributed by atoms with E-state index in [1.165, 1.54) is 0 Å². The molecule has 72 valence electrons. The third kappa shape index (κ3) is 0.680. The van der Waals surface area contributed by atoms with E-state index in [1.807, 2.05) is 13.8 Å². The second kappa shape index (κ2) is 1.84. The van der Waals surface area contributed by atoms with Crippen molar-refractivity contribution in [2.24, 2.45) is 17.3 Å². The fourth-order valence-electron chi connectivity index (χ4n) is 3.05. The lowest BCUT2D eigenvalue weighted by Crippen LogP contribution is -2.30. The highest BCUT2D eigenvalue weighted by atomic mass is 16.6. The molecule has 5 atom stereocenters. The van der Waals surface area contributed by atoms with Crippen LogP contribution in [0.4, 0.5) is 0 Å². The first-order chi connectivity index (χ1) is 6.04. The molecule has 13 heavy (non-hydrogen) atoms. The van der Waals surface area contributed by atoms with Crippen molar-refractivity contribution in [2.75, 3.05) is 6.61 Å². The molecular formula is C10H14O3. The number of ketones is 1. The Morgan fingerprint density at radius 1 is 1.62 bits per heavy atom. The van der Waals surface area contributed by atoms with E-state index in [4.69, 9.17) is 4.74 Å². The summed E-state index contributed by atoms with van der Waals surface area (Å²) in [7, 11) is 0. The lowest BCUT2D eigenvalue weighted by molar-refractivity contribution is -0.126. The molecule has 3 heteroatoms. The van der Waals surface area contributed by atoms with Crippen molar-refractivity contribution >= 4 is 5.78 Å². The summed E-state index contributed by atoms with van der Waals surface area (Å²) < 4.78 is 5.39. The molecule has 0 amide bonds. The number of aliphatic hydroxyl groups is 1. The third-order valence-electron chi connectivity index (χ3n) is 4.38. The van der Waals surface area contributed by atoms with E-state index in [0.29, 0.717) is 5.92 Å². The SMILES string of the molecule is CC1(CO)C2C[C@@H]3O[C@]3(C)C(=O)C21. The number of rotatable bonds is 1. The van der Waals surface area contributed by atoms with Crippen molar-refractivity contribution in [2.45, 2.75) is 32.0 Å². The van der Waals surface area contributed by atoms with Crippen molar-refractivity contribution in [3.05, 3.63) is 0 Å². The minimum atomic E-state index is -0.478. The van der Waals surface area contributed by atoms with E-state index in [9.17, 15) is 9.90 Å². The topological polar surface area (TPSA) is 49.8 Å². The Labute approximate surface area is 77.1 Å². The fraction of sp³-hybridized carbons (Fsp3) is 0.900. The summed E-state index contributed by atoms with van der Waals surface area (Å²) in [6, 6.07) is 0. The molecule has 0 aromatic rings. The van der Waals surface area contributed by atoms with Gasteiger partial charge in [0.05, 0.1) is 6.10 Å². The average Bonchev–Trinajstić information content (AvgIpc) is 2.91. The van der Waals surface area contributed by atoms with E-state index < -0.39 is 5.60 Å². The van der Waals surface area contributed by atoms with Crippen molar-refractivity contribution in [3.8, 4) is 0 Å². The summed E-state index contributed by atoms with van der Waals surface area (Å²) >= 11 is 0. The first kappa shape index (κ1) is 7.94. The van der Waals surface area contributed by atoms with Crippen LogP contribution in [-0.2, 0) is 9.53 Å². The quantitative estimate of drug-likeness (QED) is 0.596. The standard InChI is InChI=1S/C10H14O3/c1-9(4-11)5-3-6-10(2,13-6)8(12)7(5)9/h5-7,11H,3-4H2,1-2H3/t5?,6-,7?,9?,10-/m0/s1. The highest BCUT2D eigenvalue weighted by Gasteiger charge is 2.77. The maximum Gasteiger partial charge on any atom is 0.171 e. The molecule has 3 fully saturated rings. The van der Waals surface area contributed by atoms with Gasteiger partial charge < -0.3 is 9.84 Å². The van der Waals surface area contributed by atoms with Gasteiger partial charge in [-0.2, -0.15) is 0 Å². The van der Waals surface area contributed by atoms with Gasteiger partial charge in [0.15, 0.2) is 11.4 Å². The van der Waals surface area contributed by atoms with Crippen LogP contribution >= 0.6 is 0 Å². The summed E-state index contributed by atoms with van der Waals surface area (Å²) in [5, 5.41) is 9.21. The van der Waals surface area contributed by atoms with Gasteiger partial charge in [-0.3, -0.25) is 4.79 Å². The number of Topliss-reactive ketones (excluding diaryl/α,β-unsaturated/α-hetero) is 1. The first-order valence-electron chi connectivity index (χ1n) is 4.87. The van der Waals surface area contributed by atoms with Gasteiger partial charge in [0.1, 0.15) is 0 Å². The summed E-state index contributed by atoms with van der Waals surface area (Å²) in [5.41, 5.74) is -0.606. The summed E-state index contributed by atoms with van der Waals surface area (Å²) in [6.45, 7) is 4.03. The van der Waals surface area contributed by atoms with Crippen molar-refractivity contribution in [1.29, 1.82) is 0 Å². The highest BCUT2D eigenvalue weighted by molar-refractivity contribution is 5.96. The predicted molar refractivity (Wildman–Crippen MR) is 45.1 cm³/mol. The molecule has 0 radical (unpaired) electrons. The second-order valence-electron chi connectivity index (χ2n) is 5.06. The number of carbonyl (C=O) groups is 1. The van der Waals surface area contributed by atoms with Crippen molar-refractivity contribution in [1.82, 2.24) is 0 Å². The lowest BCUT2D eigenvalue weighted by atomic mass is 9.89. The molecule has 1 heterocycles. The van der Waals surface area contributed by atoms with Crippen LogP contribution in [0.2, 0.25) is 0 Å². The zero-order valence-corrected chi connectivity index (χ0v) is 7.91. The molecule has 2 saturated carbocycles. The number of fused-ring (bicyclic) bond motifs is 2. The molecule has 3 rings (SSSR count). The van der Waals surface area contributed by atoms with E-state index in [2.05, 4.69) is 0 Å². The van der Waals surface area contributed by atoms with Gasteiger partial charge >= 0.3 is 0 Å². The van der Waals surface area contributed by atoms with E-state index >= 15 is 0 Å². The molecular weight excluding hydrogens is 168 g/mol. The Hall–Kier alpha value is -0.410. The Morgan fingerprint density at radius 3 is 2.92 bits per heavy atom. The Bertz CT molecular complexity index is 301. The van der Waals surface area contributed by atoms with Crippen LogP contribution in [0.1, 0.15) is 20.3 Å².